The summed E-state index contributed by atoms with van der Waals surface area (Å²) >= 11 is 0. The van der Waals surface area contributed by atoms with Gasteiger partial charge in [-0.3, -0.25) is 0 Å². The molecule has 4 aromatic rings. The Hall–Kier alpha value is -3.74. The fourth-order valence-corrected chi connectivity index (χ4v) is 3.56. The number of ether oxygens (including phenoxy) is 4. The van der Waals surface area contributed by atoms with Crippen LogP contribution in [0.25, 0.3) is 10.8 Å². The highest BCUT2D eigenvalue weighted by Gasteiger charge is 2.12. The van der Waals surface area contributed by atoms with Gasteiger partial charge in [-0.05, 0) is 60.3 Å². The van der Waals surface area contributed by atoms with E-state index in [1.54, 1.807) is 0 Å². The maximum absolute atomic E-state index is 10.3. The van der Waals surface area contributed by atoms with Crippen molar-refractivity contribution in [1.29, 1.82) is 0 Å². The van der Waals surface area contributed by atoms with E-state index in [2.05, 4.69) is 0 Å². The number of hydrogen-bond acceptors (Lipinski definition) is 6. The predicted octanol–water partition coefficient (Wildman–Crippen LogP) is 4.79. The van der Waals surface area contributed by atoms with Crippen LogP contribution in [0.2, 0.25) is 0 Å². The zero-order chi connectivity index (χ0) is 24.5. The Morgan fingerprint density at radius 2 is 1.09 bits per heavy atom. The molecule has 2 atom stereocenters. The minimum Gasteiger partial charge on any atom is -0.491 e. The van der Waals surface area contributed by atoms with E-state index in [9.17, 15) is 10.2 Å². The zero-order valence-corrected chi connectivity index (χ0v) is 19.7. The Kier molecular flexibility index (Phi) is 8.44. The highest BCUT2D eigenvalue weighted by atomic mass is 16.5. The number of aliphatic hydroxyl groups is 2. The number of aliphatic hydroxyl groups excluding tert-OH is 2. The van der Waals surface area contributed by atoms with Gasteiger partial charge in [-0.1, -0.05) is 48.5 Å². The lowest BCUT2D eigenvalue weighted by atomic mass is 10.1. The Balaban J connectivity index is 1.31. The first-order valence-electron chi connectivity index (χ1n) is 11.6. The lowest BCUT2D eigenvalue weighted by molar-refractivity contribution is 0.0626. The third-order valence-electron chi connectivity index (χ3n) is 5.37. The fourth-order valence-electron chi connectivity index (χ4n) is 3.56. The normalized spacial score (nSPS) is 12.7. The van der Waals surface area contributed by atoms with Crippen molar-refractivity contribution in [1.82, 2.24) is 0 Å². The lowest BCUT2D eigenvalue weighted by Crippen LogP contribution is -2.25. The van der Waals surface area contributed by atoms with Crippen LogP contribution in [0.4, 0.5) is 0 Å². The second kappa shape index (κ2) is 12.1. The van der Waals surface area contributed by atoms with E-state index >= 15 is 0 Å². The molecule has 0 heterocycles. The third-order valence-corrected chi connectivity index (χ3v) is 5.37. The summed E-state index contributed by atoms with van der Waals surface area (Å²) in [6.45, 7) is 2.47. The van der Waals surface area contributed by atoms with Crippen molar-refractivity contribution in [2.75, 3.05) is 26.4 Å². The van der Waals surface area contributed by atoms with Crippen LogP contribution in [-0.2, 0) is 0 Å². The highest BCUT2D eigenvalue weighted by Crippen LogP contribution is 2.32. The van der Waals surface area contributed by atoms with Gasteiger partial charge in [-0.25, -0.2) is 0 Å². The van der Waals surface area contributed by atoms with Crippen LogP contribution in [-0.4, -0.2) is 48.8 Å². The van der Waals surface area contributed by atoms with Gasteiger partial charge in [0, 0.05) is 5.39 Å². The molecule has 0 spiro atoms. The largest absolute Gasteiger partial charge is 0.491 e. The summed E-state index contributed by atoms with van der Waals surface area (Å²) < 4.78 is 22.9. The molecular weight excluding hydrogens is 444 g/mol. The molecular formula is C29H30O6. The quantitative estimate of drug-likeness (QED) is 0.308. The van der Waals surface area contributed by atoms with E-state index in [1.807, 2.05) is 97.9 Å². The number of benzene rings is 4. The average Bonchev–Trinajstić information content (AvgIpc) is 2.90. The topological polar surface area (TPSA) is 77.4 Å². The number of aryl methyl sites for hydroxylation is 1. The van der Waals surface area contributed by atoms with Crippen LogP contribution in [0.15, 0.2) is 91.0 Å². The van der Waals surface area contributed by atoms with Gasteiger partial charge in [0.25, 0.3) is 0 Å². The predicted molar refractivity (Wildman–Crippen MR) is 136 cm³/mol. The van der Waals surface area contributed by atoms with Gasteiger partial charge in [0.15, 0.2) is 0 Å². The zero-order valence-electron chi connectivity index (χ0n) is 19.7. The highest BCUT2D eigenvalue weighted by molar-refractivity contribution is 5.90. The molecule has 0 saturated carbocycles. The molecule has 0 aromatic heterocycles. The van der Waals surface area contributed by atoms with Gasteiger partial charge in [0.2, 0.25) is 0 Å². The van der Waals surface area contributed by atoms with E-state index in [-0.39, 0.29) is 26.4 Å². The summed E-state index contributed by atoms with van der Waals surface area (Å²) in [6, 6.07) is 28.4. The van der Waals surface area contributed by atoms with Gasteiger partial charge in [-0.2, -0.15) is 0 Å². The lowest BCUT2D eigenvalue weighted by Gasteiger charge is -2.17. The standard InChI is InChI=1S/C29H30O6/c1-21-12-13-22-16-27(34-19-23(30)17-32-25-8-4-2-5-9-25)14-15-28(22)29(21)35-20-24(31)18-33-26-10-6-3-7-11-26/h2-16,23-24,30-31H,17-20H2,1H3. The van der Waals surface area contributed by atoms with Gasteiger partial charge in [-0.15, -0.1) is 0 Å². The van der Waals surface area contributed by atoms with E-state index in [0.29, 0.717) is 23.0 Å². The van der Waals surface area contributed by atoms with Crippen molar-refractivity contribution in [2.24, 2.45) is 0 Å². The first-order chi connectivity index (χ1) is 17.1. The van der Waals surface area contributed by atoms with Gasteiger partial charge in [0.1, 0.15) is 61.6 Å². The van der Waals surface area contributed by atoms with E-state index < -0.39 is 12.2 Å². The van der Waals surface area contributed by atoms with E-state index in [0.717, 1.165) is 16.3 Å². The van der Waals surface area contributed by atoms with Crippen LogP contribution in [0.1, 0.15) is 5.56 Å². The van der Waals surface area contributed by atoms with Gasteiger partial charge >= 0.3 is 0 Å². The third kappa shape index (κ3) is 7.12. The molecule has 4 rings (SSSR count). The van der Waals surface area contributed by atoms with Crippen molar-refractivity contribution < 1.29 is 29.2 Å². The van der Waals surface area contributed by atoms with Gasteiger partial charge in [0.05, 0.1) is 0 Å². The maximum Gasteiger partial charge on any atom is 0.130 e. The first-order valence-corrected chi connectivity index (χ1v) is 11.6. The van der Waals surface area contributed by atoms with Gasteiger partial charge < -0.3 is 29.2 Å². The molecule has 4 aromatic carbocycles. The molecule has 182 valence electrons. The molecule has 6 heteroatoms. The number of hydrogen-bond donors (Lipinski definition) is 2. The summed E-state index contributed by atoms with van der Waals surface area (Å²) in [4.78, 5) is 0. The van der Waals surface area contributed by atoms with Crippen LogP contribution >= 0.6 is 0 Å². The molecule has 0 aliphatic carbocycles. The monoisotopic (exact) mass is 474 g/mol. The molecule has 6 nitrogen and oxygen atoms in total. The molecule has 0 aliphatic rings. The molecule has 0 aliphatic heterocycles. The van der Waals surface area contributed by atoms with Crippen molar-refractivity contribution in [3.8, 4) is 23.0 Å². The van der Waals surface area contributed by atoms with E-state index in [1.165, 1.54) is 0 Å². The van der Waals surface area contributed by atoms with Crippen molar-refractivity contribution in [3.63, 3.8) is 0 Å². The Morgan fingerprint density at radius 1 is 0.571 bits per heavy atom. The SMILES string of the molecule is Cc1ccc2cc(OCC(O)COc3ccccc3)ccc2c1OCC(O)COc1ccccc1. The van der Waals surface area contributed by atoms with Crippen molar-refractivity contribution in [2.45, 2.75) is 19.1 Å². The van der Waals surface area contributed by atoms with E-state index in [4.69, 9.17) is 18.9 Å². The van der Waals surface area contributed by atoms with Crippen LogP contribution < -0.4 is 18.9 Å². The summed E-state index contributed by atoms with van der Waals surface area (Å²) in [6.07, 6.45) is -1.53. The molecule has 35 heavy (non-hydrogen) atoms. The number of para-hydroxylation sites is 2. The van der Waals surface area contributed by atoms with Crippen LogP contribution in [0, 0.1) is 6.92 Å². The second-order valence-electron chi connectivity index (χ2n) is 8.27. The van der Waals surface area contributed by atoms with Crippen LogP contribution in [0.5, 0.6) is 23.0 Å². The molecule has 0 saturated heterocycles. The maximum atomic E-state index is 10.3. The summed E-state index contributed by atoms with van der Waals surface area (Å²) in [5, 5.41) is 22.4. The molecule has 0 radical (unpaired) electrons. The summed E-state index contributed by atoms with van der Waals surface area (Å²) in [7, 11) is 0. The molecule has 2 N–H and O–H groups in total. The van der Waals surface area contributed by atoms with Crippen molar-refractivity contribution in [3.05, 3.63) is 96.6 Å². The minimum atomic E-state index is -0.771. The number of fused-ring (bicyclic) bond motifs is 1. The second-order valence-corrected chi connectivity index (χ2v) is 8.27. The average molecular weight is 475 g/mol. The fraction of sp³-hybridized carbons (Fsp3) is 0.241. The Morgan fingerprint density at radius 3 is 1.66 bits per heavy atom. The number of rotatable bonds is 12. The molecule has 2 unspecified atom stereocenters. The molecule has 0 fully saturated rings. The first kappa shape index (κ1) is 24.4. The van der Waals surface area contributed by atoms with Crippen LogP contribution in [0.3, 0.4) is 0 Å². The Labute approximate surface area is 205 Å². The smallest absolute Gasteiger partial charge is 0.130 e. The summed E-state index contributed by atoms with van der Waals surface area (Å²) in [5.74, 6) is 2.76. The molecule has 0 amide bonds. The minimum absolute atomic E-state index is 0.110. The Bertz CT molecular complexity index is 1200. The summed E-state index contributed by atoms with van der Waals surface area (Å²) in [5.41, 5.74) is 0.968. The molecule has 0 bridgehead atoms. The van der Waals surface area contributed by atoms with Crippen molar-refractivity contribution >= 4 is 10.8 Å².